The van der Waals surface area contributed by atoms with Gasteiger partial charge in [-0.1, -0.05) is 23.7 Å². The molecule has 1 heterocycles. The fraction of sp³-hybridized carbons (Fsp3) is 0.235. The number of imidazole rings is 1. The maximum atomic E-state index is 12.9. The zero-order valence-electron chi connectivity index (χ0n) is 12.6. The van der Waals surface area contributed by atoms with Gasteiger partial charge in [-0.15, -0.1) is 0 Å². The number of aliphatic hydroxyl groups is 1. The number of aryl methyl sites for hydroxylation is 1. The van der Waals surface area contributed by atoms with Gasteiger partial charge < -0.3 is 14.4 Å². The minimum Gasteiger partial charge on any atom is -0.487 e. The highest BCUT2D eigenvalue weighted by Crippen LogP contribution is 2.31. The van der Waals surface area contributed by atoms with Crippen molar-refractivity contribution in [3.8, 4) is 5.75 Å². The van der Waals surface area contributed by atoms with Gasteiger partial charge in [0.05, 0.1) is 16.1 Å². The molecule has 0 saturated heterocycles. The summed E-state index contributed by atoms with van der Waals surface area (Å²) < 4.78 is 20.6. The molecule has 0 aliphatic rings. The number of fused-ring (bicyclic) bond motifs is 1. The van der Waals surface area contributed by atoms with E-state index in [0.717, 1.165) is 16.6 Å². The Morgan fingerprint density at radius 3 is 2.65 bits per heavy atom. The molecule has 0 aliphatic carbocycles. The lowest BCUT2D eigenvalue weighted by Crippen LogP contribution is -2.01. The molecular weight excluding hydrogens is 319 g/mol. The molecule has 2 aromatic carbocycles. The first-order chi connectivity index (χ1) is 11.1. The van der Waals surface area contributed by atoms with Crippen molar-refractivity contribution in [3.05, 3.63) is 58.6 Å². The quantitative estimate of drug-likeness (QED) is 0.769. The van der Waals surface area contributed by atoms with Gasteiger partial charge in [0.2, 0.25) is 0 Å². The Bertz CT molecular complexity index is 831. The van der Waals surface area contributed by atoms with Crippen molar-refractivity contribution in [2.75, 3.05) is 0 Å². The molecule has 120 valence electrons. The maximum absolute atomic E-state index is 12.9. The van der Waals surface area contributed by atoms with E-state index in [4.69, 9.17) is 16.3 Å². The van der Waals surface area contributed by atoms with E-state index >= 15 is 0 Å². The molecule has 0 radical (unpaired) electrons. The van der Waals surface area contributed by atoms with Crippen molar-refractivity contribution < 1.29 is 14.2 Å². The summed E-state index contributed by atoms with van der Waals surface area (Å²) in [6.45, 7) is 2.82. The summed E-state index contributed by atoms with van der Waals surface area (Å²) in [5.74, 6) is 0.841. The van der Waals surface area contributed by atoms with Gasteiger partial charge in [0.15, 0.2) is 0 Å². The molecule has 0 fully saturated rings. The molecule has 3 rings (SSSR count). The van der Waals surface area contributed by atoms with Crippen molar-refractivity contribution in [1.82, 2.24) is 9.55 Å². The summed E-state index contributed by atoms with van der Waals surface area (Å²) in [4.78, 5) is 4.36. The molecule has 0 aliphatic heterocycles. The number of aliphatic hydroxyl groups excluding tert-OH is 1. The van der Waals surface area contributed by atoms with Crippen LogP contribution in [0.15, 0.2) is 36.4 Å². The van der Waals surface area contributed by atoms with Gasteiger partial charge in [-0.25, -0.2) is 9.37 Å². The first-order valence-electron chi connectivity index (χ1n) is 7.29. The van der Waals surface area contributed by atoms with Crippen LogP contribution in [0.2, 0.25) is 5.02 Å². The molecule has 0 saturated carbocycles. The van der Waals surface area contributed by atoms with E-state index in [0.29, 0.717) is 29.7 Å². The van der Waals surface area contributed by atoms with E-state index in [2.05, 4.69) is 4.98 Å². The van der Waals surface area contributed by atoms with E-state index < -0.39 is 0 Å². The Hall–Kier alpha value is -2.11. The minimum absolute atomic E-state index is 0.133. The van der Waals surface area contributed by atoms with Crippen LogP contribution in [0.1, 0.15) is 18.3 Å². The van der Waals surface area contributed by atoms with Gasteiger partial charge in [-0.3, -0.25) is 0 Å². The minimum atomic E-state index is -0.281. The highest BCUT2D eigenvalue weighted by Gasteiger charge is 2.13. The normalized spacial score (nSPS) is 11.1. The molecule has 0 bridgehead atoms. The van der Waals surface area contributed by atoms with Gasteiger partial charge in [-0.2, -0.15) is 0 Å². The Morgan fingerprint density at radius 1 is 1.26 bits per heavy atom. The third-order valence-electron chi connectivity index (χ3n) is 3.65. The molecule has 0 unspecified atom stereocenters. The number of halogens is 2. The molecule has 4 nitrogen and oxygen atoms in total. The summed E-state index contributed by atoms with van der Waals surface area (Å²) >= 11 is 6.25. The lowest BCUT2D eigenvalue weighted by atomic mass is 10.2. The van der Waals surface area contributed by atoms with Crippen LogP contribution in [0.25, 0.3) is 11.0 Å². The third kappa shape index (κ3) is 3.16. The zero-order valence-corrected chi connectivity index (χ0v) is 13.3. The SMILES string of the molecule is CCn1c(CO)nc2cc(Cl)c(OCc3ccc(F)cc3)cc21. The van der Waals surface area contributed by atoms with Gasteiger partial charge in [0, 0.05) is 12.6 Å². The number of rotatable bonds is 5. The highest BCUT2D eigenvalue weighted by atomic mass is 35.5. The van der Waals surface area contributed by atoms with E-state index in [9.17, 15) is 9.50 Å². The fourth-order valence-electron chi connectivity index (χ4n) is 2.50. The van der Waals surface area contributed by atoms with Crippen LogP contribution < -0.4 is 4.74 Å². The molecule has 0 spiro atoms. The van der Waals surface area contributed by atoms with Crippen molar-refractivity contribution in [1.29, 1.82) is 0 Å². The van der Waals surface area contributed by atoms with Crippen LogP contribution in [0.4, 0.5) is 4.39 Å². The number of benzene rings is 2. The van der Waals surface area contributed by atoms with Crippen LogP contribution in [-0.4, -0.2) is 14.7 Å². The average Bonchev–Trinajstić information content (AvgIpc) is 2.90. The molecular formula is C17H16ClFN2O2. The molecule has 0 atom stereocenters. The second kappa shape index (κ2) is 6.56. The summed E-state index contributed by atoms with van der Waals surface area (Å²) in [6, 6.07) is 9.66. The fourth-order valence-corrected chi connectivity index (χ4v) is 2.71. The second-order valence-corrected chi connectivity index (χ2v) is 5.52. The Balaban J connectivity index is 1.90. The number of nitrogens with zero attached hydrogens (tertiary/aromatic N) is 2. The van der Waals surface area contributed by atoms with Gasteiger partial charge in [-0.05, 0) is 30.7 Å². The van der Waals surface area contributed by atoms with Crippen molar-refractivity contribution >= 4 is 22.6 Å². The van der Waals surface area contributed by atoms with Crippen molar-refractivity contribution in [3.63, 3.8) is 0 Å². The summed E-state index contributed by atoms with van der Waals surface area (Å²) in [7, 11) is 0. The number of ether oxygens (including phenoxy) is 1. The van der Waals surface area contributed by atoms with Gasteiger partial charge in [0.1, 0.15) is 30.6 Å². The van der Waals surface area contributed by atoms with Crippen LogP contribution in [0.3, 0.4) is 0 Å². The number of hydrogen-bond acceptors (Lipinski definition) is 3. The lowest BCUT2D eigenvalue weighted by molar-refractivity contribution is 0.266. The van der Waals surface area contributed by atoms with Gasteiger partial charge >= 0.3 is 0 Å². The predicted octanol–water partition coefficient (Wildman–Crippen LogP) is 3.92. The lowest BCUT2D eigenvalue weighted by Gasteiger charge is -2.09. The Kier molecular flexibility index (Phi) is 4.50. The summed E-state index contributed by atoms with van der Waals surface area (Å²) in [6.07, 6.45) is 0. The van der Waals surface area contributed by atoms with Crippen LogP contribution in [0, 0.1) is 5.82 Å². The average molecular weight is 335 g/mol. The largest absolute Gasteiger partial charge is 0.487 e. The molecule has 3 aromatic rings. The zero-order chi connectivity index (χ0) is 16.4. The number of aromatic nitrogens is 2. The standard InChI is InChI=1S/C17H16ClFN2O2/c1-2-21-15-8-16(13(18)7-14(15)20-17(21)9-22)23-10-11-3-5-12(19)6-4-11/h3-8,22H,2,9-10H2,1H3. The molecule has 6 heteroatoms. The smallest absolute Gasteiger partial charge is 0.140 e. The van der Waals surface area contributed by atoms with E-state index in [-0.39, 0.29) is 12.4 Å². The maximum Gasteiger partial charge on any atom is 0.140 e. The summed E-state index contributed by atoms with van der Waals surface area (Å²) in [5.41, 5.74) is 2.42. The first-order valence-corrected chi connectivity index (χ1v) is 7.67. The van der Waals surface area contributed by atoms with E-state index in [1.807, 2.05) is 17.6 Å². The monoisotopic (exact) mass is 334 g/mol. The van der Waals surface area contributed by atoms with Gasteiger partial charge in [0.25, 0.3) is 0 Å². The van der Waals surface area contributed by atoms with Crippen LogP contribution in [-0.2, 0) is 19.8 Å². The Labute approximate surface area is 138 Å². The van der Waals surface area contributed by atoms with E-state index in [1.54, 1.807) is 18.2 Å². The summed E-state index contributed by atoms with van der Waals surface area (Å²) in [5, 5.41) is 9.83. The highest BCUT2D eigenvalue weighted by molar-refractivity contribution is 6.32. The predicted molar refractivity (Wildman–Crippen MR) is 87.1 cm³/mol. The van der Waals surface area contributed by atoms with Crippen molar-refractivity contribution in [2.45, 2.75) is 26.7 Å². The van der Waals surface area contributed by atoms with E-state index in [1.165, 1.54) is 12.1 Å². The first kappa shape index (κ1) is 15.8. The molecule has 1 N–H and O–H groups in total. The topological polar surface area (TPSA) is 47.3 Å². The molecule has 0 amide bonds. The van der Waals surface area contributed by atoms with Crippen LogP contribution >= 0.6 is 11.6 Å². The number of hydrogen-bond donors (Lipinski definition) is 1. The second-order valence-electron chi connectivity index (χ2n) is 5.12. The molecule has 23 heavy (non-hydrogen) atoms. The molecule has 1 aromatic heterocycles. The third-order valence-corrected chi connectivity index (χ3v) is 3.94. The Morgan fingerprint density at radius 2 is 2.00 bits per heavy atom. The van der Waals surface area contributed by atoms with Crippen LogP contribution in [0.5, 0.6) is 5.75 Å². The van der Waals surface area contributed by atoms with Crippen molar-refractivity contribution in [2.24, 2.45) is 0 Å².